The number of nitrogens with zero attached hydrogens (tertiary/aromatic N) is 1. The Balaban J connectivity index is 1.83. The number of piperidine rings is 1. The molecule has 0 radical (unpaired) electrons. The fourth-order valence-corrected chi connectivity index (χ4v) is 3.25. The first-order chi connectivity index (χ1) is 7.70. The highest BCUT2D eigenvalue weighted by Gasteiger charge is 2.50. The summed E-state index contributed by atoms with van der Waals surface area (Å²) in [4.78, 5) is 25.3. The molecule has 0 aromatic carbocycles. The summed E-state index contributed by atoms with van der Waals surface area (Å²) < 4.78 is 0. The number of rotatable bonds is 0. The van der Waals surface area contributed by atoms with E-state index in [1.165, 1.54) is 0 Å². The summed E-state index contributed by atoms with van der Waals surface area (Å²) in [6.07, 6.45) is 3.02. The van der Waals surface area contributed by atoms with Crippen LogP contribution in [0.15, 0.2) is 0 Å². The van der Waals surface area contributed by atoms with Crippen LogP contribution < -0.4 is 10.6 Å². The van der Waals surface area contributed by atoms with Gasteiger partial charge in [-0.15, -0.1) is 0 Å². The van der Waals surface area contributed by atoms with Crippen molar-refractivity contribution < 1.29 is 9.59 Å². The zero-order valence-corrected chi connectivity index (χ0v) is 9.29. The molecular formula is C11H17N3O2. The molecule has 3 aliphatic heterocycles. The number of hydrogen-bond acceptors (Lipinski definition) is 3. The molecule has 0 saturated carbocycles. The average molecular weight is 223 g/mol. The van der Waals surface area contributed by atoms with E-state index in [1.807, 2.05) is 0 Å². The predicted molar refractivity (Wildman–Crippen MR) is 57.7 cm³/mol. The lowest BCUT2D eigenvalue weighted by atomic mass is 9.77. The van der Waals surface area contributed by atoms with E-state index in [0.29, 0.717) is 0 Å². The van der Waals surface area contributed by atoms with Gasteiger partial charge in [-0.25, -0.2) is 0 Å². The van der Waals surface area contributed by atoms with E-state index in [1.54, 1.807) is 4.90 Å². The zero-order chi connectivity index (χ0) is 11.2. The normalized spacial score (nSPS) is 32.8. The minimum atomic E-state index is -0.195. The second-order valence-electron chi connectivity index (χ2n) is 5.21. The van der Waals surface area contributed by atoms with Gasteiger partial charge in [-0.3, -0.25) is 9.59 Å². The van der Waals surface area contributed by atoms with E-state index in [2.05, 4.69) is 10.6 Å². The molecule has 2 amide bonds. The molecule has 3 rings (SSSR count). The van der Waals surface area contributed by atoms with Crippen molar-refractivity contribution in [3.63, 3.8) is 0 Å². The number of carbonyl (C=O) groups is 2. The van der Waals surface area contributed by atoms with E-state index >= 15 is 0 Å². The third-order valence-electron chi connectivity index (χ3n) is 4.21. The summed E-state index contributed by atoms with van der Waals surface area (Å²) in [6, 6.07) is -0.195. The molecule has 1 spiro atoms. The van der Waals surface area contributed by atoms with Crippen molar-refractivity contribution in [3.05, 3.63) is 0 Å². The smallest absolute Gasteiger partial charge is 0.243 e. The highest BCUT2D eigenvalue weighted by molar-refractivity contribution is 5.95. The van der Waals surface area contributed by atoms with Crippen LogP contribution in [0.5, 0.6) is 0 Å². The number of piperazine rings is 1. The van der Waals surface area contributed by atoms with Gasteiger partial charge in [0.1, 0.15) is 6.04 Å². The number of nitrogens with one attached hydrogen (secondary N) is 2. The molecule has 3 heterocycles. The Labute approximate surface area is 94.6 Å². The molecule has 88 valence electrons. The summed E-state index contributed by atoms with van der Waals surface area (Å²) >= 11 is 0. The van der Waals surface area contributed by atoms with Gasteiger partial charge in [0, 0.05) is 6.54 Å². The highest BCUT2D eigenvalue weighted by atomic mass is 16.2. The fourth-order valence-electron chi connectivity index (χ4n) is 3.25. The Hall–Kier alpha value is -1.10. The van der Waals surface area contributed by atoms with Crippen LogP contribution in [0, 0.1) is 5.41 Å². The molecule has 0 aliphatic carbocycles. The topological polar surface area (TPSA) is 61.4 Å². The Bertz CT molecular complexity index is 310. The van der Waals surface area contributed by atoms with E-state index in [9.17, 15) is 9.59 Å². The zero-order valence-electron chi connectivity index (χ0n) is 9.29. The molecule has 0 aromatic heterocycles. The Morgan fingerprint density at radius 2 is 2.00 bits per heavy atom. The number of hydrogen-bond donors (Lipinski definition) is 2. The van der Waals surface area contributed by atoms with Crippen LogP contribution >= 0.6 is 0 Å². The second kappa shape index (κ2) is 3.45. The molecule has 1 atom stereocenters. The van der Waals surface area contributed by atoms with Gasteiger partial charge >= 0.3 is 0 Å². The first-order valence-electron chi connectivity index (χ1n) is 5.98. The van der Waals surface area contributed by atoms with Crippen molar-refractivity contribution in [2.24, 2.45) is 5.41 Å². The summed E-state index contributed by atoms with van der Waals surface area (Å²) in [7, 11) is 0. The van der Waals surface area contributed by atoms with E-state index in [4.69, 9.17) is 0 Å². The van der Waals surface area contributed by atoms with E-state index in [0.717, 1.165) is 38.9 Å². The van der Waals surface area contributed by atoms with Crippen molar-refractivity contribution in [2.75, 3.05) is 26.2 Å². The second-order valence-corrected chi connectivity index (χ2v) is 5.21. The summed E-state index contributed by atoms with van der Waals surface area (Å²) in [6.45, 7) is 2.99. The van der Waals surface area contributed by atoms with Crippen LogP contribution in [-0.4, -0.2) is 48.9 Å². The molecule has 3 saturated heterocycles. The van der Waals surface area contributed by atoms with Gasteiger partial charge < -0.3 is 15.5 Å². The molecule has 3 aliphatic rings. The molecule has 16 heavy (non-hydrogen) atoms. The van der Waals surface area contributed by atoms with Crippen LogP contribution in [0.3, 0.4) is 0 Å². The molecule has 0 aromatic rings. The monoisotopic (exact) mass is 223 g/mol. The lowest BCUT2D eigenvalue weighted by Gasteiger charge is -2.33. The quantitative estimate of drug-likeness (QED) is 0.559. The first-order valence-corrected chi connectivity index (χ1v) is 5.98. The maximum Gasteiger partial charge on any atom is 0.243 e. The minimum Gasteiger partial charge on any atom is -0.345 e. The average Bonchev–Trinajstić information content (AvgIpc) is 2.65. The largest absolute Gasteiger partial charge is 0.345 e. The SMILES string of the molecule is O=C1NCC(=O)N2CC3(CCNCC3)C[C@H]12. The number of amides is 2. The van der Waals surface area contributed by atoms with Gasteiger partial charge in [-0.1, -0.05) is 0 Å². The Kier molecular flexibility index (Phi) is 2.17. The van der Waals surface area contributed by atoms with Crippen molar-refractivity contribution in [1.29, 1.82) is 0 Å². The molecule has 5 heteroatoms. The summed E-state index contributed by atoms with van der Waals surface area (Å²) in [5.74, 6) is 0.120. The van der Waals surface area contributed by atoms with Gasteiger partial charge in [0.15, 0.2) is 0 Å². The number of fused-ring (bicyclic) bond motifs is 1. The van der Waals surface area contributed by atoms with Gasteiger partial charge in [0.2, 0.25) is 11.8 Å². The fraction of sp³-hybridized carbons (Fsp3) is 0.818. The van der Waals surface area contributed by atoms with Gasteiger partial charge in [0.05, 0.1) is 6.54 Å². The van der Waals surface area contributed by atoms with Crippen LogP contribution in [0.4, 0.5) is 0 Å². The predicted octanol–water partition coefficient (Wildman–Crippen LogP) is -0.913. The third kappa shape index (κ3) is 1.42. The molecule has 0 unspecified atom stereocenters. The highest BCUT2D eigenvalue weighted by Crippen LogP contribution is 2.42. The standard InChI is InChI=1S/C11H17N3O2/c15-9-6-13-10(16)8-5-11(7-14(8)9)1-3-12-4-2-11/h8,12H,1-7H2,(H,13,16)/t8-/m1/s1. The van der Waals surface area contributed by atoms with Crippen molar-refractivity contribution >= 4 is 11.8 Å². The van der Waals surface area contributed by atoms with Crippen molar-refractivity contribution in [2.45, 2.75) is 25.3 Å². The van der Waals surface area contributed by atoms with E-state index in [-0.39, 0.29) is 29.8 Å². The van der Waals surface area contributed by atoms with Crippen LogP contribution in [0.2, 0.25) is 0 Å². The van der Waals surface area contributed by atoms with Gasteiger partial charge in [0.25, 0.3) is 0 Å². The Morgan fingerprint density at radius 3 is 2.69 bits per heavy atom. The maximum atomic E-state index is 11.7. The van der Waals surface area contributed by atoms with Crippen LogP contribution in [0.25, 0.3) is 0 Å². The van der Waals surface area contributed by atoms with Crippen LogP contribution in [0.1, 0.15) is 19.3 Å². The molecule has 3 fully saturated rings. The summed E-state index contributed by atoms with van der Waals surface area (Å²) in [5, 5.41) is 6.02. The maximum absolute atomic E-state index is 11.7. The van der Waals surface area contributed by atoms with Crippen molar-refractivity contribution in [1.82, 2.24) is 15.5 Å². The number of carbonyl (C=O) groups excluding carboxylic acids is 2. The lowest BCUT2D eigenvalue weighted by molar-refractivity contribution is -0.143. The minimum absolute atomic E-state index is 0.0370. The molecule has 0 bridgehead atoms. The molecular weight excluding hydrogens is 206 g/mol. The Morgan fingerprint density at radius 1 is 1.25 bits per heavy atom. The van der Waals surface area contributed by atoms with Gasteiger partial charge in [-0.2, -0.15) is 0 Å². The van der Waals surface area contributed by atoms with Crippen molar-refractivity contribution in [3.8, 4) is 0 Å². The first kappa shape index (κ1) is 10.1. The molecule has 5 nitrogen and oxygen atoms in total. The lowest BCUT2D eigenvalue weighted by Crippen LogP contribution is -2.55. The summed E-state index contributed by atoms with van der Waals surface area (Å²) in [5.41, 5.74) is 0.202. The molecule has 2 N–H and O–H groups in total. The van der Waals surface area contributed by atoms with E-state index < -0.39 is 0 Å². The van der Waals surface area contributed by atoms with Crippen LogP contribution in [-0.2, 0) is 9.59 Å². The third-order valence-corrected chi connectivity index (χ3v) is 4.21. The van der Waals surface area contributed by atoms with Gasteiger partial charge in [-0.05, 0) is 37.8 Å².